The van der Waals surface area contributed by atoms with Crippen LogP contribution >= 0.6 is 0 Å². The van der Waals surface area contributed by atoms with Crippen molar-refractivity contribution in [3.8, 4) is 0 Å². The van der Waals surface area contributed by atoms with Crippen LogP contribution in [0.2, 0.25) is 0 Å². The summed E-state index contributed by atoms with van der Waals surface area (Å²) in [4.78, 5) is 4.01. The Morgan fingerprint density at radius 3 is 2.50 bits per heavy atom. The smallest absolute Gasteiger partial charge is 0.257 e. The molecular formula is C11H7BF3N. The Bertz CT molecular complexity index is 549. The molecular weight excluding hydrogens is 214 g/mol. The van der Waals surface area contributed by atoms with Gasteiger partial charge >= 0.3 is 6.18 Å². The van der Waals surface area contributed by atoms with E-state index in [-0.39, 0.29) is 5.46 Å². The van der Waals surface area contributed by atoms with Crippen LogP contribution in [0, 0.1) is 6.92 Å². The van der Waals surface area contributed by atoms with Crippen LogP contribution in [0.4, 0.5) is 13.2 Å². The number of nitrogens with zero attached hydrogens (tertiary/aromatic N) is 1. The van der Waals surface area contributed by atoms with Crippen molar-refractivity contribution in [2.45, 2.75) is 13.1 Å². The fourth-order valence-corrected chi connectivity index (χ4v) is 1.55. The summed E-state index contributed by atoms with van der Waals surface area (Å²) in [5.74, 6) is 0. The molecule has 0 atom stereocenters. The first kappa shape index (κ1) is 11.0. The number of hydrogen-bond acceptors (Lipinski definition) is 1. The maximum absolute atomic E-state index is 12.5. The minimum atomic E-state index is -4.38. The quantitative estimate of drug-likeness (QED) is 0.622. The highest BCUT2D eigenvalue weighted by molar-refractivity contribution is 6.38. The molecule has 0 fully saturated rings. The van der Waals surface area contributed by atoms with Crippen molar-refractivity contribution in [2.24, 2.45) is 0 Å². The van der Waals surface area contributed by atoms with Crippen molar-refractivity contribution in [1.82, 2.24) is 4.98 Å². The summed E-state index contributed by atoms with van der Waals surface area (Å²) >= 11 is 0. The fourth-order valence-electron chi connectivity index (χ4n) is 1.55. The SMILES string of the molecule is [B]c1cc(C(F)(F)F)cc2cc(C)cnc12. The van der Waals surface area contributed by atoms with Crippen molar-refractivity contribution in [1.29, 1.82) is 0 Å². The molecule has 0 aliphatic carbocycles. The van der Waals surface area contributed by atoms with Gasteiger partial charge < -0.3 is 0 Å². The Morgan fingerprint density at radius 2 is 1.88 bits per heavy atom. The monoisotopic (exact) mass is 221 g/mol. The molecule has 0 unspecified atom stereocenters. The van der Waals surface area contributed by atoms with E-state index in [4.69, 9.17) is 7.85 Å². The number of alkyl halides is 3. The number of fused-ring (bicyclic) bond motifs is 1. The standard InChI is InChI=1S/C11H7BF3N/c1-6-2-7-3-8(11(13,14)15)4-9(12)10(7)16-5-6/h2-5H,1H3. The van der Waals surface area contributed by atoms with Gasteiger partial charge in [-0.1, -0.05) is 11.5 Å². The van der Waals surface area contributed by atoms with Gasteiger partial charge in [0.2, 0.25) is 0 Å². The van der Waals surface area contributed by atoms with Crippen molar-refractivity contribution in [3.63, 3.8) is 0 Å². The van der Waals surface area contributed by atoms with Crippen LogP contribution in [-0.2, 0) is 6.18 Å². The van der Waals surface area contributed by atoms with Crippen LogP contribution in [0.15, 0.2) is 24.4 Å². The summed E-state index contributed by atoms with van der Waals surface area (Å²) in [6.45, 7) is 1.77. The zero-order valence-corrected chi connectivity index (χ0v) is 8.47. The Labute approximate surface area is 91.7 Å². The number of rotatable bonds is 0. The highest BCUT2D eigenvalue weighted by Crippen LogP contribution is 2.30. The average molecular weight is 221 g/mol. The first-order valence-corrected chi connectivity index (χ1v) is 4.61. The summed E-state index contributed by atoms with van der Waals surface area (Å²) < 4.78 is 37.6. The lowest BCUT2D eigenvalue weighted by molar-refractivity contribution is -0.137. The van der Waals surface area contributed by atoms with Gasteiger partial charge in [-0.25, -0.2) is 0 Å². The molecule has 0 bridgehead atoms. The van der Waals surface area contributed by atoms with Gasteiger partial charge in [-0.2, -0.15) is 13.2 Å². The number of pyridine rings is 1. The zero-order valence-electron chi connectivity index (χ0n) is 8.47. The third-order valence-electron chi connectivity index (χ3n) is 2.28. The molecule has 1 heterocycles. The van der Waals surface area contributed by atoms with Gasteiger partial charge in [0.25, 0.3) is 0 Å². The molecule has 0 spiro atoms. The minimum Gasteiger partial charge on any atom is -0.257 e. The molecule has 2 aromatic rings. The predicted octanol–water partition coefficient (Wildman–Crippen LogP) is 2.36. The molecule has 5 heteroatoms. The third-order valence-corrected chi connectivity index (χ3v) is 2.28. The van der Waals surface area contributed by atoms with Gasteiger partial charge in [0.15, 0.2) is 0 Å². The third kappa shape index (κ3) is 1.89. The number of halogens is 3. The fraction of sp³-hybridized carbons (Fsp3) is 0.182. The van der Waals surface area contributed by atoms with E-state index in [0.717, 1.165) is 17.7 Å². The Hall–Kier alpha value is -1.52. The van der Waals surface area contributed by atoms with Crippen molar-refractivity contribution in [3.05, 3.63) is 35.5 Å². The molecule has 1 aromatic carbocycles. The molecule has 1 aromatic heterocycles. The summed E-state index contributed by atoms with van der Waals surface area (Å²) in [6.07, 6.45) is -2.81. The first-order chi connectivity index (χ1) is 7.38. The summed E-state index contributed by atoms with van der Waals surface area (Å²) in [6, 6.07) is 3.60. The zero-order chi connectivity index (χ0) is 11.9. The molecule has 1 nitrogen and oxygen atoms in total. The van der Waals surface area contributed by atoms with Crippen molar-refractivity contribution < 1.29 is 13.2 Å². The Balaban J connectivity index is 2.75. The topological polar surface area (TPSA) is 12.9 Å². The number of aryl methyl sites for hydroxylation is 1. The lowest BCUT2D eigenvalue weighted by Gasteiger charge is -2.10. The van der Waals surface area contributed by atoms with Crippen molar-refractivity contribution >= 4 is 24.2 Å². The summed E-state index contributed by atoms with van der Waals surface area (Å²) in [5.41, 5.74) is 0.500. The maximum Gasteiger partial charge on any atom is 0.416 e. The molecule has 0 saturated carbocycles. The number of aromatic nitrogens is 1. The van der Waals surface area contributed by atoms with Crippen LogP contribution in [0.25, 0.3) is 10.9 Å². The first-order valence-electron chi connectivity index (χ1n) is 4.61. The van der Waals surface area contributed by atoms with Crippen LogP contribution < -0.4 is 5.46 Å². The highest BCUT2D eigenvalue weighted by atomic mass is 19.4. The van der Waals surface area contributed by atoms with E-state index in [2.05, 4.69) is 4.98 Å². The van der Waals surface area contributed by atoms with Crippen LogP contribution in [0.3, 0.4) is 0 Å². The van der Waals surface area contributed by atoms with Gasteiger partial charge in [0, 0.05) is 11.6 Å². The number of benzene rings is 1. The molecule has 0 saturated heterocycles. The average Bonchev–Trinajstić information content (AvgIpc) is 2.15. The van der Waals surface area contributed by atoms with E-state index >= 15 is 0 Å². The van der Waals surface area contributed by atoms with E-state index in [1.807, 2.05) is 0 Å². The van der Waals surface area contributed by atoms with Gasteiger partial charge in [0.05, 0.1) is 11.1 Å². The summed E-state index contributed by atoms with van der Waals surface area (Å²) in [7, 11) is 5.54. The molecule has 2 rings (SSSR count). The van der Waals surface area contributed by atoms with Gasteiger partial charge in [-0.3, -0.25) is 4.98 Å². The largest absolute Gasteiger partial charge is 0.416 e. The predicted molar refractivity (Wildman–Crippen MR) is 56.9 cm³/mol. The van der Waals surface area contributed by atoms with Gasteiger partial charge in [-0.05, 0) is 24.6 Å². The van der Waals surface area contributed by atoms with E-state index < -0.39 is 11.7 Å². The lowest BCUT2D eigenvalue weighted by Crippen LogP contribution is -2.13. The highest BCUT2D eigenvalue weighted by Gasteiger charge is 2.30. The Kier molecular flexibility index (Phi) is 2.41. The molecule has 0 aliphatic rings. The number of hydrogen-bond donors (Lipinski definition) is 0. The van der Waals surface area contributed by atoms with Gasteiger partial charge in [0.1, 0.15) is 7.85 Å². The van der Waals surface area contributed by atoms with E-state index in [1.165, 1.54) is 0 Å². The van der Waals surface area contributed by atoms with E-state index in [9.17, 15) is 13.2 Å². The second-order valence-electron chi connectivity index (χ2n) is 3.65. The molecule has 80 valence electrons. The molecule has 2 radical (unpaired) electrons. The normalized spacial score (nSPS) is 12.0. The van der Waals surface area contributed by atoms with Crippen LogP contribution in [0.1, 0.15) is 11.1 Å². The summed E-state index contributed by atoms with van der Waals surface area (Å²) in [5, 5.41) is 0.410. The molecule has 0 N–H and O–H groups in total. The van der Waals surface area contributed by atoms with Gasteiger partial charge in [-0.15, -0.1) is 0 Å². The second kappa shape index (κ2) is 3.51. The maximum atomic E-state index is 12.5. The lowest BCUT2D eigenvalue weighted by atomic mass is 9.90. The van der Waals surface area contributed by atoms with Crippen LogP contribution in [-0.4, -0.2) is 12.8 Å². The molecule has 16 heavy (non-hydrogen) atoms. The second-order valence-corrected chi connectivity index (χ2v) is 3.65. The molecule has 0 amide bonds. The Morgan fingerprint density at radius 1 is 1.19 bits per heavy atom. The van der Waals surface area contributed by atoms with E-state index in [1.54, 1.807) is 19.2 Å². The van der Waals surface area contributed by atoms with Crippen molar-refractivity contribution in [2.75, 3.05) is 0 Å². The minimum absolute atomic E-state index is 0.0461. The molecule has 0 aliphatic heterocycles. The van der Waals surface area contributed by atoms with Crippen LogP contribution in [0.5, 0.6) is 0 Å². The van der Waals surface area contributed by atoms with E-state index in [0.29, 0.717) is 10.9 Å².